The second kappa shape index (κ2) is 6.37. The summed E-state index contributed by atoms with van der Waals surface area (Å²) in [4.78, 5) is 26.5. The Balaban J connectivity index is 2.15. The predicted octanol–water partition coefficient (Wildman–Crippen LogP) is 0.368. The van der Waals surface area contributed by atoms with Crippen LogP contribution in [0.3, 0.4) is 0 Å². The van der Waals surface area contributed by atoms with Crippen molar-refractivity contribution in [1.29, 1.82) is 5.26 Å². The number of carbonyl (C=O) groups is 2. The molecule has 0 aliphatic carbocycles. The average molecular weight is 286 g/mol. The van der Waals surface area contributed by atoms with Crippen molar-refractivity contribution in [1.82, 2.24) is 4.90 Å². The smallest absolute Gasteiger partial charge is 0.231 e. The van der Waals surface area contributed by atoms with Crippen molar-refractivity contribution in [3.05, 3.63) is 29.3 Å². The number of carbonyl (C=O) groups excluding carboxylic acids is 2. The number of nitriles is 1. The summed E-state index contributed by atoms with van der Waals surface area (Å²) < 4.78 is 0. The van der Waals surface area contributed by atoms with Gasteiger partial charge in [0.25, 0.3) is 0 Å². The minimum absolute atomic E-state index is 0.0203. The molecule has 0 atom stereocenters. The van der Waals surface area contributed by atoms with Crippen molar-refractivity contribution >= 4 is 17.4 Å². The first-order valence-electron chi connectivity index (χ1n) is 6.82. The number of ketones is 1. The normalized spacial score (nSPS) is 15.5. The molecule has 1 aromatic rings. The molecule has 2 rings (SSSR count). The van der Waals surface area contributed by atoms with Gasteiger partial charge in [0.15, 0.2) is 5.78 Å². The van der Waals surface area contributed by atoms with Gasteiger partial charge in [0.2, 0.25) is 5.91 Å². The van der Waals surface area contributed by atoms with Crippen LogP contribution in [-0.4, -0.2) is 49.3 Å². The van der Waals surface area contributed by atoms with Gasteiger partial charge in [-0.2, -0.15) is 5.26 Å². The van der Waals surface area contributed by atoms with E-state index < -0.39 is 0 Å². The maximum Gasteiger partial charge on any atom is 0.231 e. The molecule has 6 heteroatoms. The monoisotopic (exact) mass is 286 g/mol. The van der Waals surface area contributed by atoms with Crippen LogP contribution in [0.25, 0.3) is 0 Å². The number of Topliss-reactive ketones (excluding diaryl/α,β-unsaturated/α-hetero) is 1. The van der Waals surface area contributed by atoms with Gasteiger partial charge < -0.3 is 10.6 Å². The number of nitrogens with two attached hydrogens (primary N) is 1. The Bertz CT molecular complexity index is 598. The zero-order chi connectivity index (χ0) is 15.4. The zero-order valence-electron chi connectivity index (χ0n) is 12.0. The number of rotatable bonds is 4. The van der Waals surface area contributed by atoms with Gasteiger partial charge in [-0.05, 0) is 25.1 Å². The Morgan fingerprint density at radius 1 is 1.29 bits per heavy atom. The van der Waals surface area contributed by atoms with E-state index in [0.717, 1.165) is 5.69 Å². The fourth-order valence-electron chi connectivity index (χ4n) is 2.47. The third-order valence-corrected chi connectivity index (χ3v) is 3.62. The van der Waals surface area contributed by atoms with Gasteiger partial charge in [0.05, 0.1) is 17.8 Å². The van der Waals surface area contributed by atoms with Crippen LogP contribution < -0.4 is 10.6 Å². The number of nitrogens with zero attached hydrogens (tertiary/aromatic N) is 3. The van der Waals surface area contributed by atoms with Crippen molar-refractivity contribution in [2.75, 3.05) is 37.6 Å². The number of piperazine rings is 1. The molecule has 1 aliphatic rings. The van der Waals surface area contributed by atoms with E-state index in [2.05, 4.69) is 11.0 Å². The first-order valence-corrected chi connectivity index (χ1v) is 6.82. The number of hydrogen-bond acceptors (Lipinski definition) is 5. The van der Waals surface area contributed by atoms with Crippen LogP contribution in [0.15, 0.2) is 18.2 Å². The molecule has 1 fully saturated rings. The fourth-order valence-corrected chi connectivity index (χ4v) is 2.47. The lowest BCUT2D eigenvalue weighted by atomic mass is 10.1. The quantitative estimate of drug-likeness (QED) is 0.807. The number of hydrogen-bond donors (Lipinski definition) is 1. The highest BCUT2D eigenvalue weighted by Crippen LogP contribution is 2.23. The molecule has 6 nitrogen and oxygen atoms in total. The Morgan fingerprint density at radius 2 is 1.95 bits per heavy atom. The summed E-state index contributed by atoms with van der Waals surface area (Å²) in [7, 11) is 0. The molecule has 1 heterocycles. The third kappa shape index (κ3) is 3.58. The van der Waals surface area contributed by atoms with Crippen molar-refractivity contribution in [2.24, 2.45) is 5.73 Å². The lowest BCUT2D eigenvalue weighted by Crippen LogP contribution is -2.49. The van der Waals surface area contributed by atoms with Crippen LogP contribution in [0.2, 0.25) is 0 Å². The van der Waals surface area contributed by atoms with E-state index in [4.69, 9.17) is 5.73 Å². The van der Waals surface area contributed by atoms with E-state index in [0.29, 0.717) is 37.3 Å². The highest BCUT2D eigenvalue weighted by Gasteiger charge is 2.20. The first kappa shape index (κ1) is 15.0. The van der Waals surface area contributed by atoms with Crippen LogP contribution in [0.4, 0.5) is 5.69 Å². The first-order chi connectivity index (χ1) is 10.0. The summed E-state index contributed by atoms with van der Waals surface area (Å²) in [5, 5.41) is 9.22. The molecule has 1 amide bonds. The lowest BCUT2D eigenvalue weighted by Gasteiger charge is -2.36. The number of primary amides is 1. The molecule has 2 N–H and O–H groups in total. The van der Waals surface area contributed by atoms with Crippen molar-refractivity contribution in [3.63, 3.8) is 0 Å². The molecular formula is C15H18N4O2. The highest BCUT2D eigenvalue weighted by atomic mass is 16.1. The zero-order valence-corrected chi connectivity index (χ0v) is 12.0. The molecule has 0 bridgehead atoms. The van der Waals surface area contributed by atoms with Crippen LogP contribution in [0, 0.1) is 11.3 Å². The molecule has 110 valence electrons. The average Bonchev–Trinajstić information content (AvgIpc) is 2.46. The molecule has 1 aromatic carbocycles. The minimum atomic E-state index is -0.334. The summed E-state index contributed by atoms with van der Waals surface area (Å²) in [6, 6.07) is 7.29. The van der Waals surface area contributed by atoms with E-state index >= 15 is 0 Å². The Morgan fingerprint density at radius 3 is 2.48 bits per heavy atom. The van der Waals surface area contributed by atoms with E-state index in [9.17, 15) is 14.9 Å². The summed E-state index contributed by atoms with van der Waals surface area (Å²) in [5.74, 6) is -0.354. The Kier molecular flexibility index (Phi) is 4.55. The van der Waals surface area contributed by atoms with Gasteiger partial charge in [0.1, 0.15) is 6.07 Å². The number of benzene rings is 1. The van der Waals surface area contributed by atoms with E-state index in [1.54, 1.807) is 18.2 Å². The van der Waals surface area contributed by atoms with Crippen molar-refractivity contribution in [3.8, 4) is 6.07 Å². The van der Waals surface area contributed by atoms with Gasteiger partial charge in [-0.25, -0.2) is 0 Å². The molecular weight excluding hydrogens is 268 g/mol. The van der Waals surface area contributed by atoms with Crippen molar-refractivity contribution in [2.45, 2.75) is 6.92 Å². The summed E-state index contributed by atoms with van der Waals surface area (Å²) >= 11 is 0. The minimum Gasteiger partial charge on any atom is -0.369 e. The standard InChI is InChI=1S/C15H18N4O2/c1-11(20)12-2-3-13(9-16)14(8-12)19-6-4-18(5-7-19)10-15(17)21/h2-3,8H,4-7,10H2,1H3,(H2,17,21). The molecule has 21 heavy (non-hydrogen) atoms. The lowest BCUT2D eigenvalue weighted by molar-refractivity contribution is -0.119. The van der Waals surface area contributed by atoms with Crippen molar-refractivity contribution < 1.29 is 9.59 Å². The summed E-state index contributed by atoms with van der Waals surface area (Å²) in [5.41, 5.74) is 7.13. The van der Waals surface area contributed by atoms with Gasteiger partial charge in [-0.15, -0.1) is 0 Å². The molecule has 0 unspecified atom stereocenters. The van der Waals surface area contributed by atoms with Gasteiger partial charge in [-0.1, -0.05) is 0 Å². The van der Waals surface area contributed by atoms with E-state index in [-0.39, 0.29) is 18.2 Å². The Labute approximate surface area is 123 Å². The second-order valence-corrected chi connectivity index (χ2v) is 5.13. The van der Waals surface area contributed by atoms with Crippen LogP contribution in [-0.2, 0) is 4.79 Å². The Hall–Kier alpha value is -2.39. The fraction of sp³-hybridized carbons (Fsp3) is 0.400. The summed E-state index contributed by atoms with van der Waals surface area (Å²) in [6.07, 6.45) is 0. The van der Waals surface area contributed by atoms with Crippen LogP contribution >= 0.6 is 0 Å². The third-order valence-electron chi connectivity index (χ3n) is 3.62. The molecule has 0 aromatic heterocycles. The molecule has 1 saturated heterocycles. The second-order valence-electron chi connectivity index (χ2n) is 5.13. The maximum absolute atomic E-state index is 11.5. The number of anilines is 1. The molecule has 1 aliphatic heterocycles. The van der Waals surface area contributed by atoms with E-state index in [1.165, 1.54) is 6.92 Å². The molecule has 0 saturated carbocycles. The van der Waals surface area contributed by atoms with E-state index in [1.807, 2.05) is 4.90 Å². The SMILES string of the molecule is CC(=O)c1ccc(C#N)c(N2CCN(CC(N)=O)CC2)c1. The van der Waals surface area contributed by atoms with Gasteiger partial charge in [0, 0.05) is 31.7 Å². The maximum atomic E-state index is 11.5. The predicted molar refractivity (Wildman–Crippen MR) is 79.0 cm³/mol. The molecule has 0 radical (unpaired) electrons. The number of amides is 1. The summed E-state index contributed by atoms with van der Waals surface area (Å²) in [6.45, 7) is 4.57. The molecule has 0 spiro atoms. The van der Waals surface area contributed by atoms with Crippen LogP contribution in [0.5, 0.6) is 0 Å². The van der Waals surface area contributed by atoms with Crippen LogP contribution in [0.1, 0.15) is 22.8 Å². The van der Waals surface area contributed by atoms with Gasteiger partial charge >= 0.3 is 0 Å². The highest BCUT2D eigenvalue weighted by molar-refractivity contribution is 5.95. The topological polar surface area (TPSA) is 90.4 Å². The largest absolute Gasteiger partial charge is 0.369 e. The van der Waals surface area contributed by atoms with Gasteiger partial charge in [-0.3, -0.25) is 14.5 Å².